The van der Waals surface area contributed by atoms with Crippen molar-refractivity contribution in [2.75, 3.05) is 13.2 Å². The van der Waals surface area contributed by atoms with E-state index in [0.717, 1.165) is 60.8 Å². The van der Waals surface area contributed by atoms with Crippen LogP contribution < -0.4 is 0 Å². The molecule has 6 heteroatoms. The highest BCUT2D eigenvalue weighted by atomic mass is 16.5. The Bertz CT molecular complexity index is 1590. The summed E-state index contributed by atoms with van der Waals surface area (Å²) >= 11 is 0. The van der Waals surface area contributed by atoms with Gasteiger partial charge in [0.05, 0.1) is 24.3 Å². The minimum absolute atomic E-state index is 0.0592. The van der Waals surface area contributed by atoms with Crippen LogP contribution in [0.25, 0.3) is 22.3 Å². The Kier molecular flexibility index (Phi) is 7.78. The van der Waals surface area contributed by atoms with Crippen LogP contribution in [0.4, 0.5) is 0 Å². The standard InChI is InChI=1S/C36H30O6/c37-33-29-13-7-5-11-25(29)27-17-15-23(21-31(27)33)35(39)41-19-9-3-1-2-4-10-20-42-36(40)24-16-18-28-26-12-6-8-14-30(26)34(38)32(28)22-24/h5-8,11-18,21-22H,1-4,9-10,19-20H2. The second-order valence-electron chi connectivity index (χ2n) is 10.7. The molecule has 0 atom stereocenters. The molecule has 42 heavy (non-hydrogen) atoms. The fraction of sp³-hybridized carbons (Fsp3) is 0.222. The van der Waals surface area contributed by atoms with Crippen molar-refractivity contribution >= 4 is 23.5 Å². The van der Waals surface area contributed by atoms with E-state index in [2.05, 4.69) is 0 Å². The molecule has 0 heterocycles. The third-order valence-electron chi connectivity index (χ3n) is 7.93. The normalized spacial score (nSPS) is 12.4. The van der Waals surface area contributed by atoms with Crippen LogP contribution in [0, 0.1) is 0 Å². The molecule has 0 unspecified atom stereocenters. The molecule has 210 valence electrons. The van der Waals surface area contributed by atoms with Crippen LogP contribution in [-0.2, 0) is 9.47 Å². The van der Waals surface area contributed by atoms with Crippen molar-refractivity contribution in [1.82, 2.24) is 0 Å². The summed E-state index contributed by atoms with van der Waals surface area (Å²) in [6.07, 6.45) is 5.36. The van der Waals surface area contributed by atoms with E-state index in [1.54, 1.807) is 36.4 Å². The predicted octanol–water partition coefficient (Wildman–Crippen LogP) is 7.46. The van der Waals surface area contributed by atoms with Crippen LogP contribution >= 0.6 is 0 Å². The van der Waals surface area contributed by atoms with E-state index in [4.69, 9.17) is 9.47 Å². The number of hydrogen-bond donors (Lipinski definition) is 0. The smallest absolute Gasteiger partial charge is 0.338 e. The van der Waals surface area contributed by atoms with Gasteiger partial charge >= 0.3 is 11.9 Å². The van der Waals surface area contributed by atoms with Crippen LogP contribution in [0.5, 0.6) is 0 Å². The number of carbonyl (C=O) groups excluding carboxylic acids is 4. The molecule has 0 fully saturated rings. The van der Waals surface area contributed by atoms with Crippen molar-refractivity contribution in [2.24, 2.45) is 0 Å². The summed E-state index contributed by atoms with van der Waals surface area (Å²) in [5.74, 6) is -0.951. The zero-order valence-electron chi connectivity index (χ0n) is 23.2. The number of unbranched alkanes of at least 4 members (excludes halogenated alkanes) is 5. The minimum Gasteiger partial charge on any atom is -0.462 e. The van der Waals surface area contributed by atoms with Gasteiger partial charge in [-0.05, 0) is 59.4 Å². The number of ether oxygens (including phenoxy) is 2. The maximum atomic E-state index is 12.7. The first-order valence-electron chi connectivity index (χ1n) is 14.4. The monoisotopic (exact) mass is 558 g/mol. The van der Waals surface area contributed by atoms with Gasteiger partial charge in [0.1, 0.15) is 0 Å². The molecule has 0 radical (unpaired) electrons. The van der Waals surface area contributed by atoms with Crippen molar-refractivity contribution in [2.45, 2.75) is 38.5 Å². The van der Waals surface area contributed by atoms with Gasteiger partial charge in [-0.3, -0.25) is 9.59 Å². The molecule has 4 aromatic rings. The number of esters is 2. The quantitative estimate of drug-likeness (QED) is 0.121. The van der Waals surface area contributed by atoms with Crippen LogP contribution in [0.3, 0.4) is 0 Å². The van der Waals surface area contributed by atoms with Crippen LogP contribution in [0.2, 0.25) is 0 Å². The average molecular weight is 559 g/mol. The average Bonchev–Trinajstić information content (AvgIpc) is 3.48. The van der Waals surface area contributed by atoms with Gasteiger partial charge in [-0.25, -0.2) is 9.59 Å². The van der Waals surface area contributed by atoms with Crippen molar-refractivity contribution in [1.29, 1.82) is 0 Å². The number of ketones is 2. The predicted molar refractivity (Wildman–Crippen MR) is 159 cm³/mol. The molecule has 6 nitrogen and oxygen atoms in total. The Morgan fingerprint density at radius 1 is 0.429 bits per heavy atom. The highest BCUT2D eigenvalue weighted by Gasteiger charge is 2.28. The second-order valence-corrected chi connectivity index (χ2v) is 10.7. The summed E-state index contributed by atoms with van der Waals surface area (Å²) in [6, 6.07) is 25.3. The number of carbonyl (C=O) groups is 4. The first-order valence-corrected chi connectivity index (χ1v) is 14.4. The Balaban J connectivity index is 0.857. The topological polar surface area (TPSA) is 86.7 Å². The maximum absolute atomic E-state index is 12.7. The fourth-order valence-corrected chi connectivity index (χ4v) is 5.72. The van der Waals surface area contributed by atoms with Crippen LogP contribution in [0.15, 0.2) is 84.9 Å². The van der Waals surface area contributed by atoms with Gasteiger partial charge in [-0.1, -0.05) is 86.3 Å². The molecule has 0 bridgehead atoms. The van der Waals surface area contributed by atoms with E-state index in [0.29, 0.717) is 46.6 Å². The lowest BCUT2D eigenvalue weighted by molar-refractivity contribution is 0.0484. The lowest BCUT2D eigenvalue weighted by Gasteiger charge is -2.07. The first-order chi connectivity index (χ1) is 20.5. The molecule has 0 spiro atoms. The van der Waals surface area contributed by atoms with Gasteiger partial charge in [-0.15, -0.1) is 0 Å². The number of fused-ring (bicyclic) bond motifs is 6. The molecule has 0 aromatic heterocycles. The van der Waals surface area contributed by atoms with E-state index in [-0.39, 0.29) is 11.6 Å². The molecule has 2 aliphatic rings. The van der Waals surface area contributed by atoms with Crippen LogP contribution in [0.1, 0.15) is 91.1 Å². The molecule has 0 amide bonds. The molecule has 0 saturated heterocycles. The van der Waals surface area contributed by atoms with Crippen molar-refractivity contribution in [3.8, 4) is 22.3 Å². The third-order valence-corrected chi connectivity index (χ3v) is 7.93. The number of hydrogen-bond acceptors (Lipinski definition) is 6. The SMILES string of the molecule is O=C(OCCCCCCCCOC(=O)c1ccc2c(c1)C(=O)c1ccccc1-2)c1ccc2c(c1)C(=O)c1ccccc1-2. The summed E-state index contributed by atoms with van der Waals surface area (Å²) in [5, 5.41) is 0. The number of rotatable bonds is 11. The van der Waals surface area contributed by atoms with Gasteiger partial charge in [0.25, 0.3) is 0 Å². The van der Waals surface area contributed by atoms with E-state index in [9.17, 15) is 19.2 Å². The summed E-state index contributed by atoms with van der Waals surface area (Å²) in [7, 11) is 0. The Morgan fingerprint density at radius 2 is 0.786 bits per heavy atom. The molecular formula is C36H30O6. The minimum atomic E-state index is -0.416. The van der Waals surface area contributed by atoms with Crippen molar-refractivity contribution < 1.29 is 28.7 Å². The zero-order chi connectivity index (χ0) is 29.1. The van der Waals surface area contributed by atoms with Crippen molar-refractivity contribution in [3.63, 3.8) is 0 Å². The molecule has 0 aliphatic heterocycles. The second kappa shape index (κ2) is 12.0. The van der Waals surface area contributed by atoms with Crippen LogP contribution in [-0.4, -0.2) is 36.7 Å². The largest absolute Gasteiger partial charge is 0.462 e. The molecule has 0 saturated carbocycles. The lowest BCUT2D eigenvalue weighted by atomic mass is 10.0. The van der Waals surface area contributed by atoms with E-state index >= 15 is 0 Å². The lowest BCUT2D eigenvalue weighted by Crippen LogP contribution is -2.08. The van der Waals surface area contributed by atoms with E-state index < -0.39 is 11.9 Å². The molecule has 0 N–H and O–H groups in total. The highest BCUT2D eigenvalue weighted by molar-refractivity contribution is 6.23. The van der Waals surface area contributed by atoms with Gasteiger partial charge < -0.3 is 9.47 Å². The summed E-state index contributed by atoms with van der Waals surface area (Å²) in [6.45, 7) is 0.659. The molecule has 2 aliphatic carbocycles. The maximum Gasteiger partial charge on any atom is 0.338 e. The Labute approximate surface area is 244 Å². The van der Waals surface area contributed by atoms with Gasteiger partial charge in [0.15, 0.2) is 11.6 Å². The zero-order valence-corrected chi connectivity index (χ0v) is 23.2. The number of benzene rings is 4. The Hall–Kier alpha value is -4.84. The summed E-state index contributed by atoms with van der Waals surface area (Å²) in [5.41, 5.74) is 6.72. The molecule has 4 aromatic carbocycles. The van der Waals surface area contributed by atoms with Gasteiger partial charge in [0, 0.05) is 22.3 Å². The molecular weight excluding hydrogens is 528 g/mol. The highest BCUT2D eigenvalue weighted by Crippen LogP contribution is 2.38. The Morgan fingerprint density at radius 3 is 1.21 bits per heavy atom. The van der Waals surface area contributed by atoms with E-state index in [1.165, 1.54) is 0 Å². The molecule has 6 rings (SSSR count). The fourth-order valence-electron chi connectivity index (χ4n) is 5.72. The summed E-state index contributed by atoms with van der Waals surface area (Å²) in [4.78, 5) is 50.4. The van der Waals surface area contributed by atoms with Crippen molar-refractivity contribution in [3.05, 3.63) is 118 Å². The van der Waals surface area contributed by atoms with E-state index in [1.807, 2.05) is 48.5 Å². The third kappa shape index (κ3) is 5.28. The van der Waals surface area contributed by atoms with Gasteiger partial charge in [-0.2, -0.15) is 0 Å². The first kappa shape index (κ1) is 27.3. The van der Waals surface area contributed by atoms with Gasteiger partial charge in [0.2, 0.25) is 0 Å². The summed E-state index contributed by atoms with van der Waals surface area (Å²) < 4.78 is 10.9.